The van der Waals surface area contributed by atoms with E-state index in [0.29, 0.717) is 0 Å². The van der Waals surface area contributed by atoms with Crippen molar-refractivity contribution in [3.05, 3.63) is 118 Å². The van der Waals surface area contributed by atoms with Gasteiger partial charge in [0, 0.05) is 0 Å². The van der Waals surface area contributed by atoms with Gasteiger partial charge in [-0.1, -0.05) is 65.8 Å². The summed E-state index contributed by atoms with van der Waals surface area (Å²) in [7, 11) is 0. The Morgan fingerprint density at radius 1 is 0.576 bits per heavy atom. The third-order valence-corrected chi connectivity index (χ3v) is 5.24. The van der Waals surface area contributed by atoms with Gasteiger partial charge < -0.3 is 10.2 Å². The molecular weight excluding hydrogens is 458 g/mol. The van der Waals surface area contributed by atoms with Crippen LogP contribution in [0.1, 0.15) is 33.4 Å². The van der Waals surface area contributed by atoms with Gasteiger partial charge in [0.1, 0.15) is 0 Å². The maximum Gasteiger partial charge on any atom is 2.00 e. The number of rotatable bonds is 0. The fourth-order valence-electron chi connectivity index (χ4n) is 2.53. The second-order valence-corrected chi connectivity index (χ2v) is 7.55. The number of aryl methyl sites for hydroxylation is 4. The van der Waals surface area contributed by atoms with Crippen LogP contribution in [0.4, 0.5) is 8.78 Å². The Balaban J connectivity index is 0.000000410. The van der Waals surface area contributed by atoms with Gasteiger partial charge >= 0.3 is 17.4 Å². The van der Waals surface area contributed by atoms with E-state index in [2.05, 4.69) is 65.8 Å². The molecular formula is C28H32CrF2O2. The van der Waals surface area contributed by atoms with Crippen LogP contribution in [0.25, 0.3) is 0 Å². The van der Waals surface area contributed by atoms with Crippen molar-refractivity contribution in [3.63, 3.8) is 0 Å². The number of hydrogen-bond donors (Lipinski definition) is 2. The molecule has 0 heterocycles. The smallest absolute Gasteiger partial charge is 0.505 e. The molecule has 0 saturated carbocycles. The van der Waals surface area contributed by atoms with Crippen molar-refractivity contribution in [1.82, 2.24) is 0 Å². The van der Waals surface area contributed by atoms with Gasteiger partial charge in [-0.2, -0.15) is 45.5 Å². The predicted molar refractivity (Wildman–Crippen MR) is 129 cm³/mol. The molecule has 0 atom stereocenters. The minimum Gasteiger partial charge on any atom is -0.505 e. The van der Waals surface area contributed by atoms with Crippen molar-refractivity contribution in [2.45, 2.75) is 41.5 Å². The molecule has 2 nitrogen and oxygen atoms in total. The number of halogens is 2. The van der Waals surface area contributed by atoms with E-state index in [4.69, 9.17) is 10.2 Å². The predicted octanol–water partition coefficient (Wildman–Crippen LogP) is 7.72. The molecule has 0 spiro atoms. The second kappa shape index (κ2) is 15.1. The zero-order valence-corrected chi connectivity index (χ0v) is 21.3. The minimum absolute atomic E-state index is 0. The minimum atomic E-state index is -0.576. The number of hydrogen-bond acceptors (Lipinski definition) is 2. The first-order valence-electron chi connectivity index (χ1n) is 10.3. The zero-order chi connectivity index (χ0) is 24.3. The summed E-state index contributed by atoms with van der Waals surface area (Å²) >= 11 is 0. The molecule has 0 amide bonds. The van der Waals surface area contributed by atoms with Gasteiger partial charge in [-0.3, -0.25) is 0 Å². The van der Waals surface area contributed by atoms with Gasteiger partial charge in [0.2, 0.25) is 0 Å². The summed E-state index contributed by atoms with van der Waals surface area (Å²) in [5.41, 5.74) is 8.49. The summed E-state index contributed by atoms with van der Waals surface area (Å²) in [6, 6.07) is 19.8. The number of phenols is 2. The molecule has 0 aliphatic heterocycles. The van der Waals surface area contributed by atoms with E-state index in [1.54, 1.807) is 12.1 Å². The largest absolute Gasteiger partial charge is 2.00 e. The molecule has 0 saturated heterocycles. The molecule has 0 aliphatic rings. The summed E-state index contributed by atoms with van der Waals surface area (Å²) in [4.78, 5) is 0. The van der Waals surface area contributed by atoms with E-state index in [1.807, 2.05) is 0 Å². The third-order valence-electron chi connectivity index (χ3n) is 5.24. The summed E-state index contributed by atoms with van der Waals surface area (Å²) in [6.07, 6.45) is 0. The maximum absolute atomic E-state index is 12.1. The average molecular weight is 491 g/mol. The van der Waals surface area contributed by atoms with E-state index >= 15 is 0 Å². The first-order chi connectivity index (χ1) is 15.0. The van der Waals surface area contributed by atoms with Crippen LogP contribution in [0.5, 0.6) is 11.5 Å². The summed E-state index contributed by atoms with van der Waals surface area (Å²) in [5.74, 6) is -1.75. The SMILES string of the molecule is Cc1cc[c-](C)c1C.Cc1cc[c-](C)c1C.Oc1ccccc1F.Oc1ccccc1F.[Cr+2]. The number of para-hydroxylation sites is 2. The van der Waals surface area contributed by atoms with Crippen LogP contribution in [-0.2, 0) is 17.4 Å². The Labute approximate surface area is 207 Å². The van der Waals surface area contributed by atoms with Crippen molar-refractivity contribution < 1.29 is 36.4 Å². The van der Waals surface area contributed by atoms with Crippen LogP contribution >= 0.6 is 0 Å². The van der Waals surface area contributed by atoms with E-state index < -0.39 is 11.6 Å². The molecule has 4 aromatic rings. The molecule has 0 unspecified atom stereocenters. The number of benzene rings is 2. The standard InChI is InChI=1S/2C8H11.2C6H5FO.Cr/c2*1-6-4-5-7(2)8(6)3;2*7-5-3-1-2-4-6(5)8;/h2*4-5H,1-3H3;2*1-4,8H;/q2*-1;;;+2. The Bertz CT molecular complexity index is 928. The molecule has 0 aromatic heterocycles. The Hall–Kier alpha value is -2.87. The second-order valence-electron chi connectivity index (χ2n) is 7.55. The van der Waals surface area contributed by atoms with Crippen LogP contribution in [0.3, 0.4) is 0 Å². The van der Waals surface area contributed by atoms with Crippen molar-refractivity contribution in [3.8, 4) is 11.5 Å². The molecule has 0 bridgehead atoms. The van der Waals surface area contributed by atoms with Crippen LogP contribution in [-0.4, -0.2) is 10.2 Å². The molecule has 176 valence electrons. The quantitative estimate of drug-likeness (QED) is 0.248. The Morgan fingerprint density at radius 2 is 0.879 bits per heavy atom. The number of aromatic hydroxyl groups is 2. The van der Waals surface area contributed by atoms with Gasteiger partial charge in [0.15, 0.2) is 23.1 Å². The molecule has 33 heavy (non-hydrogen) atoms. The topological polar surface area (TPSA) is 40.5 Å². The average Bonchev–Trinajstić information content (AvgIpc) is 3.23. The van der Waals surface area contributed by atoms with E-state index in [9.17, 15) is 8.78 Å². The van der Waals surface area contributed by atoms with E-state index in [1.165, 1.54) is 69.8 Å². The van der Waals surface area contributed by atoms with Crippen molar-refractivity contribution in [2.75, 3.05) is 0 Å². The van der Waals surface area contributed by atoms with Crippen molar-refractivity contribution in [1.29, 1.82) is 0 Å². The van der Waals surface area contributed by atoms with Crippen molar-refractivity contribution >= 4 is 0 Å². The third kappa shape index (κ3) is 10.5. The summed E-state index contributed by atoms with van der Waals surface area (Å²) < 4.78 is 24.1. The van der Waals surface area contributed by atoms with Crippen LogP contribution in [0.15, 0.2) is 72.8 Å². The zero-order valence-electron chi connectivity index (χ0n) is 20.0. The first-order valence-corrected chi connectivity index (χ1v) is 10.3. The van der Waals surface area contributed by atoms with Gasteiger partial charge in [0.25, 0.3) is 0 Å². The molecule has 0 radical (unpaired) electrons. The molecule has 4 rings (SSSR count). The fraction of sp³-hybridized carbons (Fsp3) is 0.214. The molecule has 2 N–H and O–H groups in total. The van der Waals surface area contributed by atoms with Gasteiger partial charge in [-0.05, 0) is 24.3 Å². The molecule has 0 fully saturated rings. The molecule has 0 aliphatic carbocycles. The normalized spacial score (nSPS) is 9.21. The van der Waals surface area contributed by atoms with Gasteiger partial charge in [0.05, 0.1) is 0 Å². The van der Waals surface area contributed by atoms with Crippen LogP contribution in [0.2, 0.25) is 0 Å². The Morgan fingerprint density at radius 3 is 1.00 bits per heavy atom. The van der Waals surface area contributed by atoms with E-state index in [-0.39, 0.29) is 28.9 Å². The van der Waals surface area contributed by atoms with Crippen molar-refractivity contribution in [2.24, 2.45) is 0 Å². The molecule has 4 aromatic carbocycles. The fourth-order valence-corrected chi connectivity index (χ4v) is 2.53. The number of phenolic OH excluding ortho intramolecular Hbond substituents is 2. The summed E-state index contributed by atoms with van der Waals surface area (Å²) in [5, 5.41) is 17.1. The van der Waals surface area contributed by atoms with Crippen LogP contribution < -0.4 is 0 Å². The van der Waals surface area contributed by atoms with Gasteiger partial charge in [-0.25, -0.2) is 20.9 Å². The Kier molecular flexibility index (Phi) is 13.7. The maximum atomic E-state index is 12.1. The van der Waals surface area contributed by atoms with Crippen LogP contribution in [0, 0.1) is 53.2 Å². The summed E-state index contributed by atoms with van der Waals surface area (Å²) in [6.45, 7) is 12.9. The van der Waals surface area contributed by atoms with E-state index in [0.717, 1.165) is 0 Å². The van der Waals surface area contributed by atoms with Gasteiger partial charge in [-0.15, -0.1) is 0 Å². The monoisotopic (exact) mass is 490 g/mol. The first kappa shape index (κ1) is 30.1. The molecule has 5 heteroatoms.